The van der Waals surface area contributed by atoms with Gasteiger partial charge in [-0.3, -0.25) is 0 Å². The summed E-state index contributed by atoms with van der Waals surface area (Å²) in [6, 6.07) is 3.57. The van der Waals surface area contributed by atoms with Gasteiger partial charge < -0.3 is 15.0 Å². The molecule has 2 aliphatic carbocycles. The lowest BCUT2D eigenvalue weighted by Gasteiger charge is -2.57. The summed E-state index contributed by atoms with van der Waals surface area (Å²) in [7, 11) is -3.45. The summed E-state index contributed by atoms with van der Waals surface area (Å²) in [6.45, 7) is 4.14. The summed E-state index contributed by atoms with van der Waals surface area (Å²) in [6.07, 6.45) is 5.88. The number of benzene rings is 1. The Labute approximate surface area is 198 Å². The van der Waals surface area contributed by atoms with Crippen molar-refractivity contribution in [2.75, 3.05) is 26.0 Å². The van der Waals surface area contributed by atoms with Crippen LogP contribution < -0.4 is 5.32 Å². The number of alkyl halides is 1. The molecule has 0 amide bonds. The molecule has 2 unspecified atom stereocenters. The first-order valence-corrected chi connectivity index (χ1v) is 13.5. The zero-order valence-electron chi connectivity index (χ0n) is 18.3. The standard InChI is InChI=1S/C23H27Cl2FN2O3S/c1-22-4-5-23(2,32(3,29)30)17-10-14(27-7-6-26)12-28(21(17)22)19-11-15-16(20(19)31-22)8-13(24)9-18(15)25/h4-5,8-9,14,19-20,27H,6-7,10-12H2,1-3H3/t14-,19+,20+,22?,23?/m1/s1. The van der Waals surface area contributed by atoms with Gasteiger partial charge in [0, 0.05) is 35.4 Å². The molecule has 0 radical (unpaired) electrons. The number of fused-ring (bicyclic) bond motifs is 4. The van der Waals surface area contributed by atoms with Crippen LogP contribution in [0.5, 0.6) is 0 Å². The van der Waals surface area contributed by atoms with Crippen LogP contribution in [0.15, 0.2) is 35.6 Å². The van der Waals surface area contributed by atoms with Crippen LogP contribution in [0.2, 0.25) is 10.0 Å². The molecule has 1 N–H and O–H groups in total. The molecular formula is C23H27Cl2FN2O3S. The highest BCUT2D eigenvalue weighted by Gasteiger charge is 2.57. The second-order valence-electron chi connectivity index (χ2n) is 9.61. The molecule has 5 rings (SSSR count). The van der Waals surface area contributed by atoms with Crippen molar-refractivity contribution in [1.29, 1.82) is 0 Å². The SMILES string of the molecule is CC12C=CC(C)(S(C)(=O)=O)C3=C1N(C[C@H](NCCF)C3)[C@H]1Cc3c(Cl)cc(Cl)cc3[C@@H]1O2. The lowest BCUT2D eigenvalue weighted by Crippen LogP contribution is -2.62. The first kappa shape index (κ1) is 22.7. The number of morpholine rings is 1. The van der Waals surface area contributed by atoms with E-state index in [1.807, 2.05) is 19.1 Å². The molecular weight excluding hydrogens is 474 g/mol. The van der Waals surface area contributed by atoms with Gasteiger partial charge in [-0.25, -0.2) is 12.8 Å². The topological polar surface area (TPSA) is 58.6 Å². The van der Waals surface area contributed by atoms with Crippen LogP contribution in [0.25, 0.3) is 0 Å². The molecule has 0 saturated carbocycles. The van der Waals surface area contributed by atoms with E-state index in [0.717, 1.165) is 22.4 Å². The van der Waals surface area contributed by atoms with Gasteiger partial charge in [0.05, 0.1) is 11.7 Å². The molecule has 2 aliphatic heterocycles. The molecule has 9 heteroatoms. The maximum absolute atomic E-state index is 13.0. The third kappa shape index (κ3) is 3.19. The number of hydrogen-bond donors (Lipinski definition) is 1. The van der Waals surface area contributed by atoms with E-state index in [0.29, 0.717) is 29.4 Å². The largest absolute Gasteiger partial charge is 0.364 e. The third-order valence-corrected chi connectivity index (χ3v) is 10.0. The molecule has 5 atom stereocenters. The van der Waals surface area contributed by atoms with Gasteiger partial charge in [-0.15, -0.1) is 0 Å². The Morgan fingerprint density at radius 2 is 2.00 bits per heavy atom. The quantitative estimate of drug-likeness (QED) is 0.632. The molecule has 4 aliphatic rings. The van der Waals surface area contributed by atoms with Gasteiger partial charge in [-0.2, -0.15) is 0 Å². The molecule has 1 saturated heterocycles. The van der Waals surface area contributed by atoms with Crippen molar-refractivity contribution in [3.8, 4) is 0 Å². The summed E-state index contributed by atoms with van der Waals surface area (Å²) < 4.78 is 44.4. The van der Waals surface area contributed by atoms with Crippen molar-refractivity contribution < 1.29 is 17.5 Å². The number of sulfone groups is 1. The Kier molecular flexibility index (Phi) is 5.27. The molecule has 1 aromatic carbocycles. The van der Waals surface area contributed by atoms with Gasteiger partial charge in [0.15, 0.2) is 9.84 Å². The Morgan fingerprint density at radius 3 is 2.69 bits per heavy atom. The van der Waals surface area contributed by atoms with E-state index in [1.165, 1.54) is 6.26 Å². The van der Waals surface area contributed by atoms with E-state index >= 15 is 0 Å². The molecule has 32 heavy (non-hydrogen) atoms. The normalized spacial score (nSPS) is 35.6. The maximum Gasteiger partial charge on any atom is 0.160 e. The first-order chi connectivity index (χ1) is 15.0. The van der Waals surface area contributed by atoms with Crippen LogP contribution in [0.3, 0.4) is 0 Å². The fourth-order valence-electron chi connectivity index (χ4n) is 5.86. The van der Waals surface area contributed by atoms with Crippen LogP contribution in [-0.2, 0) is 21.0 Å². The second-order valence-corrected chi connectivity index (χ2v) is 12.8. The van der Waals surface area contributed by atoms with Crippen LogP contribution in [0, 0.1) is 0 Å². The minimum Gasteiger partial charge on any atom is -0.364 e. The van der Waals surface area contributed by atoms with E-state index in [1.54, 1.807) is 19.1 Å². The maximum atomic E-state index is 13.0. The fraction of sp³-hybridized carbons (Fsp3) is 0.565. The molecule has 0 spiro atoms. The Hall–Kier alpha value is -1.12. The van der Waals surface area contributed by atoms with Crippen molar-refractivity contribution in [3.63, 3.8) is 0 Å². The molecule has 174 valence electrons. The monoisotopic (exact) mass is 500 g/mol. The first-order valence-electron chi connectivity index (χ1n) is 10.8. The smallest absolute Gasteiger partial charge is 0.160 e. The summed E-state index contributed by atoms with van der Waals surface area (Å²) in [5, 5.41) is 4.46. The van der Waals surface area contributed by atoms with E-state index in [4.69, 9.17) is 27.9 Å². The van der Waals surface area contributed by atoms with E-state index in [2.05, 4.69) is 10.2 Å². The predicted octanol–water partition coefficient (Wildman–Crippen LogP) is 4.01. The number of ether oxygens (including phenoxy) is 1. The van der Waals surface area contributed by atoms with Gasteiger partial charge in [0.2, 0.25) is 0 Å². The van der Waals surface area contributed by atoms with Gasteiger partial charge in [0.1, 0.15) is 23.1 Å². The molecule has 5 nitrogen and oxygen atoms in total. The Balaban J connectivity index is 1.67. The number of rotatable bonds is 4. The zero-order chi connectivity index (χ0) is 23.1. The molecule has 1 fully saturated rings. The van der Waals surface area contributed by atoms with Crippen molar-refractivity contribution in [2.45, 2.75) is 55.2 Å². The average Bonchev–Trinajstić information content (AvgIpc) is 3.07. The van der Waals surface area contributed by atoms with E-state index in [-0.39, 0.29) is 24.7 Å². The van der Waals surface area contributed by atoms with Crippen LogP contribution >= 0.6 is 23.2 Å². The van der Waals surface area contributed by atoms with Crippen LogP contribution in [0.4, 0.5) is 4.39 Å². The second kappa shape index (κ2) is 7.44. The van der Waals surface area contributed by atoms with Crippen LogP contribution in [0.1, 0.15) is 37.5 Å². The fourth-order valence-corrected chi connectivity index (χ4v) is 7.39. The highest BCUT2D eigenvalue weighted by atomic mass is 35.5. The average molecular weight is 501 g/mol. The van der Waals surface area contributed by atoms with E-state index in [9.17, 15) is 12.8 Å². The van der Waals surface area contributed by atoms with Gasteiger partial charge in [-0.1, -0.05) is 29.3 Å². The molecule has 1 aromatic rings. The van der Waals surface area contributed by atoms with Crippen LogP contribution in [-0.4, -0.2) is 61.8 Å². The van der Waals surface area contributed by atoms with Gasteiger partial charge in [0.25, 0.3) is 0 Å². The molecule has 0 bridgehead atoms. The van der Waals surface area contributed by atoms with Gasteiger partial charge >= 0.3 is 0 Å². The lowest BCUT2D eigenvalue weighted by molar-refractivity contribution is -0.123. The summed E-state index contributed by atoms with van der Waals surface area (Å²) >= 11 is 12.9. The number of nitrogens with one attached hydrogen (secondary N) is 1. The molecule has 0 aromatic heterocycles. The van der Waals surface area contributed by atoms with Crippen molar-refractivity contribution in [1.82, 2.24) is 10.2 Å². The number of halogens is 3. The minimum absolute atomic E-state index is 0.0377. The van der Waals surface area contributed by atoms with Crippen molar-refractivity contribution in [2.24, 2.45) is 0 Å². The summed E-state index contributed by atoms with van der Waals surface area (Å²) in [4.78, 5) is 2.29. The zero-order valence-corrected chi connectivity index (χ0v) is 20.6. The highest BCUT2D eigenvalue weighted by molar-refractivity contribution is 7.92. The van der Waals surface area contributed by atoms with Crippen molar-refractivity contribution >= 4 is 33.0 Å². The van der Waals surface area contributed by atoms with E-state index < -0.39 is 26.9 Å². The predicted molar refractivity (Wildman–Crippen MR) is 125 cm³/mol. The molecule has 2 heterocycles. The summed E-state index contributed by atoms with van der Waals surface area (Å²) in [5.41, 5.74) is 2.97. The van der Waals surface area contributed by atoms with Crippen molar-refractivity contribution in [3.05, 3.63) is 56.7 Å². The number of nitrogens with zero attached hydrogens (tertiary/aromatic N) is 1. The highest BCUT2D eigenvalue weighted by Crippen LogP contribution is 2.55. The Morgan fingerprint density at radius 1 is 1.25 bits per heavy atom. The Bertz CT molecular complexity index is 1150. The third-order valence-electron chi connectivity index (χ3n) is 7.56. The number of hydrogen-bond acceptors (Lipinski definition) is 5. The minimum atomic E-state index is -3.45. The summed E-state index contributed by atoms with van der Waals surface area (Å²) in [5.74, 6) is 0. The van der Waals surface area contributed by atoms with Gasteiger partial charge in [-0.05, 0) is 61.6 Å². The lowest BCUT2D eigenvalue weighted by atomic mass is 9.75.